The Hall–Kier alpha value is -2.15. The van der Waals surface area contributed by atoms with Crippen molar-refractivity contribution in [2.45, 2.75) is 18.6 Å². The number of pyridine rings is 1. The minimum atomic E-state index is -1.44. The molecule has 1 aromatic heterocycles. The summed E-state index contributed by atoms with van der Waals surface area (Å²) in [5.74, 6) is -0.356. The standard InChI is InChI=1S/C12H14N2O5/c15-10(7-9-3-1-2-5-13-9)14-12(19-11(16)17)4-6-18-8-12/h1-3,5H,4,6-8H2,(H,14,15)(H,16,17). The second-order valence-corrected chi connectivity index (χ2v) is 4.21. The Morgan fingerprint density at radius 2 is 2.37 bits per heavy atom. The molecule has 0 spiro atoms. The Bertz CT molecular complexity index is 456. The first-order valence-corrected chi connectivity index (χ1v) is 5.80. The summed E-state index contributed by atoms with van der Waals surface area (Å²) in [5.41, 5.74) is -0.679. The van der Waals surface area contributed by atoms with Crippen LogP contribution < -0.4 is 5.32 Å². The highest BCUT2D eigenvalue weighted by Gasteiger charge is 2.40. The molecular formula is C12H14N2O5. The van der Waals surface area contributed by atoms with Crippen LogP contribution in [0.3, 0.4) is 0 Å². The highest BCUT2D eigenvalue weighted by atomic mass is 16.7. The van der Waals surface area contributed by atoms with Crippen LogP contribution in [0.1, 0.15) is 12.1 Å². The van der Waals surface area contributed by atoms with Crippen LogP contribution in [-0.4, -0.2) is 41.1 Å². The van der Waals surface area contributed by atoms with Gasteiger partial charge in [-0.1, -0.05) is 6.07 Å². The third-order valence-electron chi connectivity index (χ3n) is 2.70. The van der Waals surface area contributed by atoms with Crippen molar-refractivity contribution in [3.05, 3.63) is 30.1 Å². The lowest BCUT2D eigenvalue weighted by molar-refractivity contribution is -0.129. The van der Waals surface area contributed by atoms with Gasteiger partial charge in [0.25, 0.3) is 0 Å². The maximum absolute atomic E-state index is 11.9. The number of nitrogens with one attached hydrogen (secondary N) is 1. The summed E-state index contributed by atoms with van der Waals surface area (Å²) < 4.78 is 9.84. The van der Waals surface area contributed by atoms with E-state index in [9.17, 15) is 9.59 Å². The van der Waals surface area contributed by atoms with Gasteiger partial charge in [-0.2, -0.15) is 0 Å². The maximum Gasteiger partial charge on any atom is 0.507 e. The number of hydrogen-bond donors (Lipinski definition) is 2. The topological polar surface area (TPSA) is 97.8 Å². The molecule has 1 unspecified atom stereocenters. The number of hydrogen-bond acceptors (Lipinski definition) is 5. The van der Waals surface area contributed by atoms with Crippen LogP contribution in [0, 0.1) is 0 Å². The lowest BCUT2D eigenvalue weighted by atomic mass is 10.1. The molecule has 1 aromatic rings. The summed E-state index contributed by atoms with van der Waals surface area (Å²) >= 11 is 0. The number of aromatic nitrogens is 1. The first-order valence-electron chi connectivity index (χ1n) is 5.80. The SMILES string of the molecule is O=C(Cc1ccccn1)NC1(OC(=O)O)CCOC1. The number of rotatable bonds is 4. The fourth-order valence-electron chi connectivity index (χ4n) is 1.88. The lowest BCUT2D eigenvalue weighted by Gasteiger charge is -2.26. The van der Waals surface area contributed by atoms with E-state index in [4.69, 9.17) is 14.6 Å². The molecule has 1 aliphatic heterocycles. The zero-order valence-electron chi connectivity index (χ0n) is 10.2. The Morgan fingerprint density at radius 1 is 1.53 bits per heavy atom. The molecule has 2 rings (SSSR count). The second-order valence-electron chi connectivity index (χ2n) is 4.21. The largest absolute Gasteiger partial charge is 0.507 e. The van der Waals surface area contributed by atoms with Crippen molar-refractivity contribution in [1.29, 1.82) is 0 Å². The molecule has 2 N–H and O–H groups in total. The van der Waals surface area contributed by atoms with E-state index in [1.54, 1.807) is 24.4 Å². The summed E-state index contributed by atoms with van der Waals surface area (Å²) in [5, 5.41) is 11.3. The van der Waals surface area contributed by atoms with E-state index in [-0.39, 0.29) is 18.9 Å². The summed E-state index contributed by atoms with van der Waals surface area (Å²) in [4.78, 5) is 26.6. The third kappa shape index (κ3) is 3.65. The molecule has 0 aliphatic carbocycles. The Kier molecular flexibility index (Phi) is 3.96. The average Bonchev–Trinajstić information content (AvgIpc) is 2.77. The number of carboxylic acid groups (broad SMARTS) is 1. The smallest absolute Gasteiger partial charge is 0.450 e. The van der Waals surface area contributed by atoms with Gasteiger partial charge in [-0.25, -0.2) is 4.79 Å². The quantitative estimate of drug-likeness (QED) is 0.610. The molecule has 19 heavy (non-hydrogen) atoms. The fraction of sp³-hybridized carbons (Fsp3) is 0.417. The summed E-state index contributed by atoms with van der Waals surface area (Å²) in [7, 11) is 0. The molecule has 7 heteroatoms. The Morgan fingerprint density at radius 3 is 2.95 bits per heavy atom. The molecule has 1 aliphatic rings. The minimum Gasteiger partial charge on any atom is -0.450 e. The van der Waals surface area contributed by atoms with Crippen molar-refractivity contribution >= 4 is 12.1 Å². The van der Waals surface area contributed by atoms with Gasteiger partial charge in [0.1, 0.15) is 6.61 Å². The Balaban J connectivity index is 1.97. The van der Waals surface area contributed by atoms with Crippen molar-refractivity contribution in [3.63, 3.8) is 0 Å². The van der Waals surface area contributed by atoms with E-state index in [1.807, 2.05) is 0 Å². The molecule has 102 valence electrons. The number of amides is 1. The van der Waals surface area contributed by atoms with Gasteiger partial charge in [0.05, 0.1) is 13.0 Å². The molecule has 0 aromatic carbocycles. The molecule has 0 radical (unpaired) electrons. The van der Waals surface area contributed by atoms with Gasteiger partial charge in [-0.15, -0.1) is 0 Å². The molecule has 7 nitrogen and oxygen atoms in total. The van der Waals surface area contributed by atoms with Crippen LogP contribution in [0.15, 0.2) is 24.4 Å². The van der Waals surface area contributed by atoms with E-state index in [1.165, 1.54) is 0 Å². The molecule has 0 saturated carbocycles. The van der Waals surface area contributed by atoms with Crippen molar-refractivity contribution in [3.8, 4) is 0 Å². The first-order chi connectivity index (χ1) is 9.10. The van der Waals surface area contributed by atoms with Crippen LogP contribution in [0.25, 0.3) is 0 Å². The average molecular weight is 266 g/mol. The van der Waals surface area contributed by atoms with Crippen molar-refractivity contribution in [2.75, 3.05) is 13.2 Å². The monoisotopic (exact) mass is 266 g/mol. The van der Waals surface area contributed by atoms with Crippen LogP contribution in [0.4, 0.5) is 4.79 Å². The van der Waals surface area contributed by atoms with Crippen molar-refractivity contribution in [1.82, 2.24) is 10.3 Å². The third-order valence-corrected chi connectivity index (χ3v) is 2.70. The van der Waals surface area contributed by atoms with Gasteiger partial charge in [-0.05, 0) is 12.1 Å². The molecule has 1 saturated heterocycles. The van der Waals surface area contributed by atoms with Gasteiger partial charge < -0.3 is 19.9 Å². The van der Waals surface area contributed by atoms with Crippen LogP contribution in [0.2, 0.25) is 0 Å². The summed E-state index contributed by atoms with van der Waals surface area (Å²) in [6, 6.07) is 5.24. The fourth-order valence-corrected chi connectivity index (χ4v) is 1.88. The van der Waals surface area contributed by atoms with Crippen molar-refractivity contribution < 1.29 is 24.2 Å². The van der Waals surface area contributed by atoms with E-state index >= 15 is 0 Å². The lowest BCUT2D eigenvalue weighted by Crippen LogP contribution is -2.52. The molecule has 2 heterocycles. The molecule has 1 atom stereocenters. The maximum atomic E-state index is 11.9. The van der Waals surface area contributed by atoms with Gasteiger partial charge in [0, 0.05) is 18.3 Å². The summed E-state index contributed by atoms with van der Waals surface area (Å²) in [6.45, 7) is 0.365. The number of carbonyl (C=O) groups excluding carboxylic acids is 1. The van der Waals surface area contributed by atoms with E-state index < -0.39 is 11.9 Å². The van der Waals surface area contributed by atoms with Gasteiger partial charge in [0.2, 0.25) is 11.6 Å². The zero-order chi connectivity index (χ0) is 13.7. The van der Waals surface area contributed by atoms with Gasteiger partial charge in [-0.3, -0.25) is 9.78 Å². The minimum absolute atomic E-state index is 0.0211. The first kappa shape index (κ1) is 13.3. The van der Waals surface area contributed by atoms with E-state index in [2.05, 4.69) is 10.3 Å². The Labute approximate surface area is 109 Å². The molecular weight excluding hydrogens is 252 g/mol. The predicted octanol–water partition coefficient (Wildman–Crippen LogP) is 0.552. The number of ether oxygens (including phenoxy) is 2. The zero-order valence-corrected chi connectivity index (χ0v) is 10.2. The van der Waals surface area contributed by atoms with Gasteiger partial charge in [0.15, 0.2) is 0 Å². The molecule has 1 fully saturated rings. The number of nitrogens with zero attached hydrogens (tertiary/aromatic N) is 1. The second kappa shape index (κ2) is 5.66. The van der Waals surface area contributed by atoms with Crippen molar-refractivity contribution in [2.24, 2.45) is 0 Å². The summed E-state index contributed by atoms with van der Waals surface area (Å²) in [6.07, 6.45) is 0.507. The molecule has 0 bridgehead atoms. The molecule has 1 amide bonds. The predicted molar refractivity (Wildman–Crippen MR) is 63.4 cm³/mol. The van der Waals surface area contributed by atoms with Gasteiger partial charge >= 0.3 is 6.16 Å². The highest BCUT2D eigenvalue weighted by molar-refractivity contribution is 5.79. The van der Waals surface area contributed by atoms with Crippen LogP contribution in [0.5, 0.6) is 0 Å². The van der Waals surface area contributed by atoms with E-state index in [0.29, 0.717) is 18.7 Å². The van der Waals surface area contributed by atoms with E-state index in [0.717, 1.165) is 0 Å². The number of carbonyl (C=O) groups is 2. The normalized spacial score (nSPS) is 21.9. The highest BCUT2D eigenvalue weighted by Crippen LogP contribution is 2.20. The van der Waals surface area contributed by atoms with Crippen LogP contribution in [-0.2, 0) is 20.7 Å². The van der Waals surface area contributed by atoms with Crippen LogP contribution >= 0.6 is 0 Å².